The molecule has 8 heteroatoms. The number of benzene rings is 3. The van der Waals surface area contributed by atoms with Crippen molar-refractivity contribution >= 4 is 46.8 Å². The maximum Gasteiger partial charge on any atom is 0.417 e. The van der Waals surface area contributed by atoms with E-state index in [2.05, 4.69) is 10.6 Å². The average Bonchev–Trinajstić information content (AvgIpc) is 2.67. The summed E-state index contributed by atoms with van der Waals surface area (Å²) < 4.78 is 10.5. The SMILES string of the molecule is O=C(Nc1ccc(Cl)cc1)Oc1ccccc1OC(=O)Nc1ccc(Cl)cc1. The fourth-order valence-electron chi connectivity index (χ4n) is 2.17. The van der Waals surface area contributed by atoms with Gasteiger partial charge in [-0.25, -0.2) is 9.59 Å². The van der Waals surface area contributed by atoms with Crippen molar-refractivity contribution in [1.82, 2.24) is 0 Å². The summed E-state index contributed by atoms with van der Waals surface area (Å²) in [7, 11) is 0. The largest absolute Gasteiger partial charge is 0.417 e. The standard InChI is InChI=1S/C20H14Cl2N2O4/c21-13-5-9-15(10-6-13)23-19(25)27-17-3-1-2-4-18(17)28-20(26)24-16-11-7-14(22)8-12-16/h1-12H,(H,23,25)(H,24,26). The summed E-state index contributed by atoms with van der Waals surface area (Å²) in [6, 6.07) is 19.4. The first-order valence-electron chi connectivity index (χ1n) is 8.07. The van der Waals surface area contributed by atoms with Crippen molar-refractivity contribution in [3.05, 3.63) is 82.8 Å². The molecule has 0 atom stereocenters. The van der Waals surface area contributed by atoms with Crippen molar-refractivity contribution in [2.24, 2.45) is 0 Å². The zero-order valence-electron chi connectivity index (χ0n) is 14.3. The first-order chi connectivity index (χ1) is 13.5. The predicted octanol–water partition coefficient (Wildman–Crippen LogP) is 6.22. The number of rotatable bonds is 4. The second-order valence-electron chi connectivity index (χ2n) is 5.49. The van der Waals surface area contributed by atoms with Crippen molar-refractivity contribution in [2.45, 2.75) is 0 Å². The van der Waals surface area contributed by atoms with E-state index >= 15 is 0 Å². The Labute approximate surface area is 171 Å². The third-order valence-electron chi connectivity index (χ3n) is 3.44. The summed E-state index contributed by atoms with van der Waals surface area (Å²) in [5, 5.41) is 6.20. The highest BCUT2D eigenvalue weighted by Gasteiger charge is 2.14. The third-order valence-corrected chi connectivity index (χ3v) is 3.94. The number of carbonyl (C=O) groups is 2. The number of hydrogen-bond donors (Lipinski definition) is 2. The zero-order valence-corrected chi connectivity index (χ0v) is 15.8. The summed E-state index contributed by atoms with van der Waals surface area (Å²) in [5.74, 6) is 0.167. The molecule has 142 valence electrons. The maximum atomic E-state index is 12.1. The molecule has 0 bridgehead atoms. The molecule has 3 rings (SSSR count). The van der Waals surface area contributed by atoms with E-state index in [4.69, 9.17) is 32.7 Å². The van der Waals surface area contributed by atoms with Gasteiger partial charge in [0.25, 0.3) is 0 Å². The number of hydrogen-bond acceptors (Lipinski definition) is 4. The van der Waals surface area contributed by atoms with Gasteiger partial charge < -0.3 is 9.47 Å². The monoisotopic (exact) mass is 416 g/mol. The highest BCUT2D eigenvalue weighted by Crippen LogP contribution is 2.27. The molecule has 0 radical (unpaired) electrons. The smallest absolute Gasteiger partial charge is 0.406 e. The van der Waals surface area contributed by atoms with Gasteiger partial charge in [0.2, 0.25) is 0 Å². The lowest BCUT2D eigenvalue weighted by atomic mass is 10.3. The van der Waals surface area contributed by atoms with E-state index in [9.17, 15) is 9.59 Å². The van der Waals surface area contributed by atoms with Crippen LogP contribution >= 0.6 is 23.2 Å². The van der Waals surface area contributed by atoms with Crippen molar-refractivity contribution in [3.8, 4) is 11.5 Å². The van der Waals surface area contributed by atoms with Crippen LogP contribution in [0, 0.1) is 0 Å². The molecular weight excluding hydrogens is 403 g/mol. The number of nitrogens with one attached hydrogen (secondary N) is 2. The Kier molecular flexibility index (Phi) is 6.37. The molecule has 0 aromatic heterocycles. The van der Waals surface area contributed by atoms with Gasteiger partial charge in [-0.15, -0.1) is 0 Å². The zero-order chi connectivity index (χ0) is 19.9. The fraction of sp³-hybridized carbons (Fsp3) is 0. The van der Waals surface area contributed by atoms with Gasteiger partial charge >= 0.3 is 12.2 Å². The number of para-hydroxylation sites is 2. The third kappa shape index (κ3) is 5.64. The molecule has 0 heterocycles. The Morgan fingerprint density at radius 2 is 0.964 bits per heavy atom. The van der Waals surface area contributed by atoms with Crippen LogP contribution in [-0.2, 0) is 0 Å². The molecule has 3 aromatic carbocycles. The first kappa shape index (κ1) is 19.5. The van der Waals surface area contributed by atoms with E-state index in [1.807, 2.05) is 0 Å². The summed E-state index contributed by atoms with van der Waals surface area (Å²) >= 11 is 11.6. The van der Waals surface area contributed by atoms with Gasteiger partial charge in [0.05, 0.1) is 0 Å². The number of halogens is 2. The Balaban J connectivity index is 1.63. The minimum Gasteiger partial charge on any atom is -0.406 e. The normalized spacial score (nSPS) is 10.1. The maximum absolute atomic E-state index is 12.1. The minimum absolute atomic E-state index is 0.0835. The van der Waals surface area contributed by atoms with E-state index in [0.717, 1.165) is 0 Å². The van der Waals surface area contributed by atoms with E-state index in [1.165, 1.54) is 12.1 Å². The number of anilines is 2. The molecule has 3 aromatic rings. The second-order valence-corrected chi connectivity index (χ2v) is 6.36. The molecule has 0 fully saturated rings. The molecule has 0 saturated carbocycles. The van der Waals surface area contributed by atoms with Crippen LogP contribution in [0.25, 0.3) is 0 Å². The lowest BCUT2D eigenvalue weighted by Gasteiger charge is -2.11. The van der Waals surface area contributed by atoms with E-state index in [1.54, 1.807) is 60.7 Å². The van der Waals surface area contributed by atoms with Crippen molar-refractivity contribution in [2.75, 3.05) is 10.6 Å². The van der Waals surface area contributed by atoms with Crippen LogP contribution in [0.15, 0.2) is 72.8 Å². The minimum atomic E-state index is -0.739. The summed E-state index contributed by atoms with van der Waals surface area (Å²) in [4.78, 5) is 24.2. The van der Waals surface area contributed by atoms with Gasteiger partial charge in [0.1, 0.15) is 0 Å². The number of amides is 2. The molecule has 6 nitrogen and oxygen atoms in total. The Morgan fingerprint density at radius 3 is 1.32 bits per heavy atom. The Bertz CT molecular complexity index is 896. The molecule has 2 amide bonds. The van der Waals surface area contributed by atoms with Gasteiger partial charge in [0, 0.05) is 21.4 Å². The van der Waals surface area contributed by atoms with E-state index < -0.39 is 12.2 Å². The van der Waals surface area contributed by atoms with Crippen LogP contribution in [0.1, 0.15) is 0 Å². The summed E-state index contributed by atoms with van der Waals surface area (Å²) in [6.07, 6.45) is -1.48. The molecule has 0 unspecified atom stereocenters. The highest BCUT2D eigenvalue weighted by molar-refractivity contribution is 6.30. The fourth-order valence-corrected chi connectivity index (χ4v) is 2.42. The molecule has 0 saturated heterocycles. The molecular formula is C20H14Cl2N2O4. The Morgan fingerprint density at radius 1 is 0.607 bits per heavy atom. The summed E-state index contributed by atoms with van der Waals surface area (Å²) in [5.41, 5.74) is 1.02. The van der Waals surface area contributed by atoms with Gasteiger partial charge in [-0.1, -0.05) is 35.3 Å². The van der Waals surface area contributed by atoms with Crippen LogP contribution < -0.4 is 20.1 Å². The topological polar surface area (TPSA) is 76.7 Å². The van der Waals surface area contributed by atoms with Gasteiger partial charge in [-0.3, -0.25) is 10.6 Å². The molecule has 0 aliphatic carbocycles. The lowest BCUT2D eigenvalue weighted by Crippen LogP contribution is -2.19. The van der Waals surface area contributed by atoms with Crippen LogP contribution in [0.3, 0.4) is 0 Å². The molecule has 0 aliphatic rings. The molecule has 0 aliphatic heterocycles. The number of ether oxygens (including phenoxy) is 2. The summed E-state index contributed by atoms with van der Waals surface area (Å²) in [6.45, 7) is 0. The average molecular weight is 417 g/mol. The predicted molar refractivity (Wildman–Crippen MR) is 109 cm³/mol. The first-order valence-corrected chi connectivity index (χ1v) is 8.83. The second kappa shape index (κ2) is 9.12. The van der Waals surface area contributed by atoms with Gasteiger partial charge in [-0.2, -0.15) is 0 Å². The van der Waals surface area contributed by atoms with Gasteiger partial charge in [-0.05, 0) is 60.7 Å². The van der Waals surface area contributed by atoms with E-state index in [0.29, 0.717) is 21.4 Å². The van der Waals surface area contributed by atoms with Crippen LogP contribution in [0.5, 0.6) is 11.5 Å². The molecule has 2 N–H and O–H groups in total. The Hall–Kier alpha value is -3.22. The lowest BCUT2D eigenvalue weighted by molar-refractivity contribution is 0.205. The van der Waals surface area contributed by atoms with Gasteiger partial charge in [0.15, 0.2) is 11.5 Å². The molecule has 0 spiro atoms. The number of carbonyl (C=O) groups excluding carboxylic acids is 2. The van der Waals surface area contributed by atoms with Crippen LogP contribution in [0.4, 0.5) is 21.0 Å². The highest BCUT2D eigenvalue weighted by atomic mass is 35.5. The quantitative estimate of drug-likeness (QED) is 0.529. The molecule has 28 heavy (non-hydrogen) atoms. The van der Waals surface area contributed by atoms with Crippen molar-refractivity contribution < 1.29 is 19.1 Å². The van der Waals surface area contributed by atoms with E-state index in [-0.39, 0.29) is 11.5 Å². The van der Waals surface area contributed by atoms with Crippen LogP contribution in [-0.4, -0.2) is 12.2 Å². The van der Waals surface area contributed by atoms with Crippen molar-refractivity contribution in [1.29, 1.82) is 0 Å². The van der Waals surface area contributed by atoms with Crippen LogP contribution in [0.2, 0.25) is 10.0 Å². The van der Waals surface area contributed by atoms with Crippen molar-refractivity contribution in [3.63, 3.8) is 0 Å².